The number of aromatic amines is 1. The van der Waals surface area contributed by atoms with E-state index in [2.05, 4.69) is 20.4 Å². The molecule has 166 valence electrons. The molecule has 0 aliphatic rings. The van der Waals surface area contributed by atoms with E-state index < -0.39 is 29.1 Å². The number of aromatic nitrogens is 2. The zero-order valence-electron chi connectivity index (χ0n) is 16.1. The molecule has 1 atom stereocenters. The molecular formula is C19H13Cl4N5O4. The van der Waals surface area contributed by atoms with E-state index in [1.165, 1.54) is 24.3 Å². The number of fused-ring (bicyclic) bond motifs is 1. The van der Waals surface area contributed by atoms with Crippen molar-refractivity contribution in [2.75, 3.05) is 12.4 Å². The summed E-state index contributed by atoms with van der Waals surface area (Å²) in [6.45, 7) is 0. The monoisotopic (exact) mass is 515 g/mol. The van der Waals surface area contributed by atoms with E-state index in [-0.39, 0.29) is 26.4 Å². The molecule has 4 N–H and O–H groups in total. The molecule has 1 heterocycles. The zero-order valence-corrected chi connectivity index (χ0v) is 19.1. The Kier molecular flexibility index (Phi) is 7.25. The highest BCUT2D eigenvalue weighted by Gasteiger charge is 2.36. The molecule has 3 rings (SSSR count). The first-order chi connectivity index (χ1) is 15.2. The summed E-state index contributed by atoms with van der Waals surface area (Å²) in [5, 5.41) is 6.58. The highest BCUT2D eigenvalue weighted by molar-refractivity contribution is 6.49. The van der Waals surface area contributed by atoms with Crippen molar-refractivity contribution in [1.29, 1.82) is 0 Å². The number of halogens is 4. The van der Waals surface area contributed by atoms with Crippen LogP contribution < -0.4 is 16.7 Å². The van der Waals surface area contributed by atoms with E-state index in [9.17, 15) is 14.4 Å². The van der Waals surface area contributed by atoms with Crippen molar-refractivity contribution in [1.82, 2.24) is 9.97 Å². The van der Waals surface area contributed by atoms with Crippen molar-refractivity contribution in [3.8, 4) is 0 Å². The molecule has 0 saturated heterocycles. The Hall–Kier alpha value is -2.85. The van der Waals surface area contributed by atoms with Gasteiger partial charge < -0.3 is 20.9 Å². The van der Waals surface area contributed by atoms with Gasteiger partial charge in [-0.05, 0) is 30.3 Å². The molecule has 0 bridgehead atoms. The number of nitrogens with one attached hydrogen (secondary N) is 2. The van der Waals surface area contributed by atoms with Crippen LogP contribution in [-0.2, 0) is 14.3 Å². The molecule has 2 aromatic carbocycles. The fourth-order valence-electron chi connectivity index (χ4n) is 2.81. The van der Waals surface area contributed by atoms with Crippen LogP contribution in [0, 0.1) is 0 Å². The molecular weight excluding hydrogens is 504 g/mol. The SMILES string of the molecule is COC(=O)[C@H](/C(=N/N)C(=O)Nc1cc(Cl)c(Cl)cc1Cl)c1nc2ccc(Cl)cc2[nH]c1=O. The Labute approximate surface area is 200 Å². The van der Waals surface area contributed by atoms with Gasteiger partial charge in [-0.15, -0.1) is 0 Å². The first kappa shape index (κ1) is 23.8. The smallest absolute Gasteiger partial charge is 0.321 e. The van der Waals surface area contributed by atoms with Gasteiger partial charge in [0.1, 0.15) is 11.4 Å². The lowest BCUT2D eigenvalue weighted by molar-refractivity contribution is -0.141. The number of carbonyl (C=O) groups excluding carboxylic acids is 2. The quantitative estimate of drug-likeness (QED) is 0.155. The van der Waals surface area contributed by atoms with Crippen molar-refractivity contribution in [2.45, 2.75) is 5.92 Å². The fraction of sp³-hybridized carbons (Fsp3) is 0.105. The van der Waals surface area contributed by atoms with Crippen LogP contribution in [0.25, 0.3) is 11.0 Å². The number of rotatable bonds is 5. The minimum Gasteiger partial charge on any atom is -0.468 e. The highest BCUT2D eigenvalue weighted by Crippen LogP contribution is 2.32. The number of amides is 1. The lowest BCUT2D eigenvalue weighted by atomic mass is 9.98. The third kappa shape index (κ3) is 4.81. The van der Waals surface area contributed by atoms with Gasteiger partial charge in [0, 0.05) is 5.02 Å². The van der Waals surface area contributed by atoms with E-state index in [1.54, 1.807) is 6.07 Å². The largest absolute Gasteiger partial charge is 0.468 e. The average Bonchev–Trinajstić information content (AvgIpc) is 2.74. The van der Waals surface area contributed by atoms with Gasteiger partial charge in [-0.2, -0.15) is 5.10 Å². The van der Waals surface area contributed by atoms with Crippen molar-refractivity contribution < 1.29 is 14.3 Å². The topological polar surface area (TPSA) is 140 Å². The molecule has 0 radical (unpaired) electrons. The Morgan fingerprint density at radius 2 is 1.81 bits per heavy atom. The Bertz CT molecular complexity index is 1330. The third-order valence-electron chi connectivity index (χ3n) is 4.29. The van der Waals surface area contributed by atoms with Crippen LogP contribution in [0.15, 0.2) is 40.2 Å². The number of nitrogens with zero attached hydrogens (tertiary/aromatic N) is 2. The molecule has 9 nitrogen and oxygen atoms in total. The van der Waals surface area contributed by atoms with E-state index in [0.29, 0.717) is 16.1 Å². The third-order valence-corrected chi connectivity index (χ3v) is 5.56. The number of carbonyl (C=O) groups is 2. The lowest BCUT2D eigenvalue weighted by Gasteiger charge is -2.16. The van der Waals surface area contributed by atoms with Crippen LogP contribution in [-0.4, -0.2) is 34.7 Å². The number of hydrazone groups is 1. The number of hydrogen-bond donors (Lipinski definition) is 3. The summed E-state index contributed by atoms with van der Waals surface area (Å²) in [4.78, 5) is 44.9. The molecule has 0 aliphatic heterocycles. The van der Waals surface area contributed by atoms with Crippen molar-refractivity contribution in [2.24, 2.45) is 10.9 Å². The highest BCUT2D eigenvalue weighted by atomic mass is 35.5. The van der Waals surface area contributed by atoms with Gasteiger partial charge >= 0.3 is 5.97 Å². The number of hydrogen-bond acceptors (Lipinski definition) is 7. The predicted octanol–water partition coefficient (Wildman–Crippen LogP) is 3.75. The maximum atomic E-state index is 12.9. The second-order valence-electron chi connectivity index (χ2n) is 6.28. The molecule has 13 heteroatoms. The van der Waals surface area contributed by atoms with Gasteiger partial charge in [-0.3, -0.25) is 14.4 Å². The summed E-state index contributed by atoms with van der Waals surface area (Å²) >= 11 is 23.9. The summed E-state index contributed by atoms with van der Waals surface area (Å²) in [6, 6.07) is 7.18. The van der Waals surface area contributed by atoms with Gasteiger partial charge in [0.25, 0.3) is 11.5 Å². The second kappa shape index (κ2) is 9.74. The number of H-pyrrole nitrogens is 1. The van der Waals surface area contributed by atoms with E-state index in [0.717, 1.165) is 7.11 Å². The average molecular weight is 517 g/mol. The number of nitrogens with two attached hydrogens (primary N) is 1. The molecule has 1 aromatic heterocycles. The molecule has 3 aromatic rings. The molecule has 0 aliphatic carbocycles. The first-order valence-corrected chi connectivity index (χ1v) is 10.2. The molecule has 0 fully saturated rings. The number of benzene rings is 2. The summed E-state index contributed by atoms with van der Waals surface area (Å²) in [7, 11) is 1.08. The Morgan fingerprint density at radius 3 is 2.47 bits per heavy atom. The minimum absolute atomic E-state index is 0.0669. The fourth-order valence-corrected chi connectivity index (χ4v) is 3.57. The standard InChI is InChI=1S/C19H13Cl4N5O4/c1-32-19(31)14(15-17(29)27-13-4-7(20)2-3-11(13)25-15)16(28-24)18(30)26-12-6-9(22)8(21)5-10(12)23/h2-6,14H,24H2,1H3,(H,26,30)(H,27,29)/b28-16-/t14-/m0/s1. The summed E-state index contributed by atoms with van der Waals surface area (Å²) < 4.78 is 4.76. The Morgan fingerprint density at radius 1 is 1.12 bits per heavy atom. The predicted molar refractivity (Wildman–Crippen MR) is 124 cm³/mol. The van der Waals surface area contributed by atoms with Crippen molar-refractivity contribution >= 4 is 80.7 Å². The van der Waals surface area contributed by atoms with Crippen LogP contribution in [0.2, 0.25) is 20.1 Å². The first-order valence-electron chi connectivity index (χ1n) is 8.67. The van der Waals surface area contributed by atoms with E-state index in [1.807, 2.05) is 0 Å². The maximum Gasteiger partial charge on any atom is 0.321 e. The van der Waals surface area contributed by atoms with Gasteiger partial charge in [0.05, 0.1) is 38.9 Å². The van der Waals surface area contributed by atoms with E-state index in [4.69, 9.17) is 57.0 Å². The van der Waals surface area contributed by atoms with Crippen LogP contribution in [0.4, 0.5) is 5.69 Å². The Balaban J connectivity index is 2.07. The van der Waals surface area contributed by atoms with Crippen molar-refractivity contribution in [3.63, 3.8) is 0 Å². The van der Waals surface area contributed by atoms with Crippen LogP contribution in [0.3, 0.4) is 0 Å². The molecule has 0 unspecified atom stereocenters. The second-order valence-corrected chi connectivity index (χ2v) is 7.94. The van der Waals surface area contributed by atoms with E-state index >= 15 is 0 Å². The maximum absolute atomic E-state index is 12.9. The van der Waals surface area contributed by atoms with Gasteiger partial charge in [-0.1, -0.05) is 46.4 Å². The van der Waals surface area contributed by atoms with Crippen molar-refractivity contribution in [3.05, 3.63) is 66.5 Å². The molecule has 32 heavy (non-hydrogen) atoms. The van der Waals surface area contributed by atoms with Gasteiger partial charge in [0.15, 0.2) is 5.92 Å². The van der Waals surface area contributed by atoms with Crippen LogP contribution >= 0.6 is 46.4 Å². The number of anilines is 1. The molecule has 1 amide bonds. The van der Waals surface area contributed by atoms with Crippen LogP contribution in [0.5, 0.6) is 0 Å². The normalized spacial score (nSPS) is 12.5. The number of ether oxygens (including phenoxy) is 1. The summed E-state index contributed by atoms with van der Waals surface area (Å²) in [5.74, 6) is 1.84. The van der Waals surface area contributed by atoms with Gasteiger partial charge in [0.2, 0.25) is 0 Å². The number of esters is 1. The number of methoxy groups -OCH3 is 1. The molecule has 0 saturated carbocycles. The molecule has 0 spiro atoms. The minimum atomic E-state index is -1.64. The van der Waals surface area contributed by atoms with Crippen LogP contribution in [0.1, 0.15) is 11.6 Å². The van der Waals surface area contributed by atoms with Gasteiger partial charge in [-0.25, -0.2) is 4.98 Å². The summed E-state index contributed by atoms with van der Waals surface area (Å²) in [6.07, 6.45) is 0. The zero-order chi connectivity index (χ0) is 23.6. The summed E-state index contributed by atoms with van der Waals surface area (Å²) in [5.41, 5.74) is -0.963. The lowest BCUT2D eigenvalue weighted by Crippen LogP contribution is -2.38.